The molecular weight excluding hydrogens is 202 g/mol. The standard InChI is InChI=1S/C10H15N3O.C2H6/c1-10(2,3)6-9(14)13-8-7-11-4-5-12-8;1-2/h4-5,7H,6H2,1-3H3,(H,12,13,14);1-2H3. The molecule has 0 unspecified atom stereocenters. The summed E-state index contributed by atoms with van der Waals surface area (Å²) in [5.74, 6) is 0.472. The number of rotatable bonds is 2. The summed E-state index contributed by atoms with van der Waals surface area (Å²) in [7, 11) is 0. The zero-order chi connectivity index (χ0) is 12.6. The second-order valence-electron chi connectivity index (χ2n) is 4.38. The van der Waals surface area contributed by atoms with Crippen molar-refractivity contribution in [3.8, 4) is 0 Å². The van der Waals surface area contributed by atoms with Crippen LogP contribution in [0.5, 0.6) is 0 Å². The zero-order valence-corrected chi connectivity index (χ0v) is 10.7. The lowest BCUT2D eigenvalue weighted by atomic mass is 9.92. The fourth-order valence-electron chi connectivity index (χ4n) is 1.03. The molecule has 0 atom stereocenters. The number of hydrogen-bond donors (Lipinski definition) is 1. The number of carbonyl (C=O) groups is 1. The highest BCUT2D eigenvalue weighted by molar-refractivity contribution is 5.89. The van der Waals surface area contributed by atoms with E-state index in [-0.39, 0.29) is 11.3 Å². The van der Waals surface area contributed by atoms with E-state index in [0.29, 0.717) is 12.2 Å². The maximum Gasteiger partial charge on any atom is 0.226 e. The van der Waals surface area contributed by atoms with Crippen molar-refractivity contribution in [3.63, 3.8) is 0 Å². The van der Waals surface area contributed by atoms with Gasteiger partial charge in [-0.3, -0.25) is 9.78 Å². The first kappa shape index (κ1) is 14.6. The first-order valence-corrected chi connectivity index (χ1v) is 5.53. The molecule has 4 nitrogen and oxygen atoms in total. The van der Waals surface area contributed by atoms with Crippen LogP contribution in [0.25, 0.3) is 0 Å². The Morgan fingerprint density at radius 1 is 1.31 bits per heavy atom. The van der Waals surface area contributed by atoms with Crippen LogP contribution in [0.4, 0.5) is 5.82 Å². The van der Waals surface area contributed by atoms with E-state index in [1.54, 1.807) is 12.4 Å². The predicted octanol–water partition coefficient (Wildman–Crippen LogP) is 2.88. The van der Waals surface area contributed by atoms with E-state index < -0.39 is 0 Å². The molecule has 4 heteroatoms. The van der Waals surface area contributed by atoms with Crippen LogP contribution in [0.1, 0.15) is 41.0 Å². The molecule has 0 aliphatic heterocycles. The fraction of sp³-hybridized carbons (Fsp3) is 0.583. The van der Waals surface area contributed by atoms with Gasteiger partial charge in [-0.05, 0) is 5.41 Å². The summed E-state index contributed by atoms with van der Waals surface area (Å²) in [5.41, 5.74) is -0.00765. The highest BCUT2D eigenvalue weighted by atomic mass is 16.1. The SMILES string of the molecule is CC.CC(C)(C)CC(=O)Nc1cnccn1. The summed E-state index contributed by atoms with van der Waals surface area (Å²) >= 11 is 0. The van der Waals surface area contributed by atoms with Gasteiger partial charge in [0.05, 0.1) is 6.20 Å². The molecule has 0 spiro atoms. The molecule has 1 rings (SSSR count). The molecule has 1 amide bonds. The van der Waals surface area contributed by atoms with Crippen molar-refractivity contribution in [2.45, 2.75) is 41.0 Å². The number of nitrogens with one attached hydrogen (secondary N) is 1. The minimum absolute atomic E-state index is 0.00765. The van der Waals surface area contributed by atoms with Gasteiger partial charge in [0.1, 0.15) is 0 Å². The molecule has 1 N–H and O–H groups in total. The fourth-order valence-corrected chi connectivity index (χ4v) is 1.03. The molecule has 16 heavy (non-hydrogen) atoms. The Bertz CT molecular complexity index is 304. The van der Waals surface area contributed by atoms with Crippen molar-refractivity contribution in [2.24, 2.45) is 5.41 Å². The normalized spacial score (nSPS) is 10.1. The summed E-state index contributed by atoms with van der Waals surface area (Å²) in [6.45, 7) is 10.1. The van der Waals surface area contributed by atoms with Gasteiger partial charge in [0, 0.05) is 18.8 Å². The van der Waals surface area contributed by atoms with Crippen LogP contribution >= 0.6 is 0 Å². The summed E-state index contributed by atoms with van der Waals surface area (Å²) in [6.07, 6.45) is 5.12. The average molecular weight is 223 g/mol. The summed E-state index contributed by atoms with van der Waals surface area (Å²) in [6, 6.07) is 0. The van der Waals surface area contributed by atoms with Crippen molar-refractivity contribution in [1.82, 2.24) is 9.97 Å². The lowest BCUT2D eigenvalue weighted by molar-refractivity contribution is -0.117. The molecule has 0 saturated carbocycles. The van der Waals surface area contributed by atoms with Crippen LogP contribution in [0, 0.1) is 5.41 Å². The van der Waals surface area contributed by atoms with Gasteiger partial charge in [-0.1, -0.05) is 34.6 Å². The molecule has 1 heterocycles. The molecule has 0 saturated heterocycles. The quantitative estimate of drug-likeness (QED) is 0.838. The smallest absolute Gasteiger partial charge is 0.226 e. The lowest BCUT2D eigenvalue weighted by Gasteiger charge is -2.16. The van der Waals surface area contributed by atoms with Gasteiger partial charge >= 0.3 is 0 Å². The van der Waals surface area contributed by atoms with Crippen LogP contribution in [-0.2, 0) is 4.79 Å². The van der Waals surface area contributed by atoms with Gasteiger partial charge in [-0.25, -0.2) is 4.98 Å². The van der Waals surface area contributed by atoms with Crippen molar-refractivity contribution < 1.29 is 4.79 Å². The summed E-state index contributed by atoms with van der Waals surface area (Å²) in [5, 5.41) is 2.69. The third kappa shape index (κ3) is 6.92. The number of carbonyl (C=O) groups excluding carboxylic acids is 1. The monoisotopic (exact) mass is 223 g/mol. The van der Waals surface area contributed by atoms with Crippen molar-refractivity contribution >= 4 is 11.7 Å². The van der Waals surface area contributed by atoms with E-state index in [0.717, 1.165) is 0 Å². The molecule has 90 valence electrons. The number of aromatic nitrogens is 2. The van der Waals surface area contributed by atoms with E-state index in [9.17, 15) is 4.79 Å². The Balaban J connectivity index is 0.00000106. The minimum atomic E-state index is -0.0296. The largest absolute Gasteiger partial charge is 0.309 e. The third-order valence-corrected chi connectivity index (χ3v) is 1.52. The minimum Gasteiger partial charge on any atom is -0.309 e. The van der Waals surface area contributed by atoms with Gasteiger partial charge in [0.15, 0.2) is 5.82 Å². The first-order chi connectivity index (χ1) is 7.47. The maximum atomic E-state index is 11.4. The summed E-state index contributed by atoms with van der Waals surface area (Å²) in [4.78, 5) is 19.3. The van der Waals surface area contributed by atoms with Crippen molar-refractivity contribution in [3.05, 3.63) is 18.6 Å². The molecule has 0 aromatic carbocycles. The van der Waals surface area contributed by atoms with E-state index in [4.69, 9.17) is 0 Å². The molecule has 0 radical (unpaired) electrons. The van der Waals surface area contributed by atoms with E-state index in [1.165, 1.54) is 6.20 Å². The molecular formula is C12H21N3O. The van der Waals surface area contributed by atoms with E-state index in [2.05, 4.69) is 15.3 Å². The average Bonchev–Trinajstić information content (AvgIpc) is 2.19. The number of anilines is 1. The lowest BCUT2D eigenvalue weighted by Crippen LogP contribution is -2.20. The van der Waals surface area contributed by atoms with E-state index >= 15 is 0 Å². The van der Waals surface area contributed by atoms with Gasteiger partial charge < -0.3 is 5.32 Å². The van der Waals surface area contributed by atoms with Gasteiger partial charge in [-0.15, -0.1) is 0 Å². The van der Waals surface area contributed by atoms with Gasteiger partial charge in [0.2, 0.25) is 5.91 Å². The Morgan fingerprint density at radius 2 is 1.94 bits per heavy atom. The predicted molar refractivity (Wildman–Crippen MR) is 66.1 cm³/mol. The molecule has 1 aromatic heterocycles. The Kier molecular flexibility index (Phi) is 6.30. The topological polar surface area (TPSA) is 54.9 Å². The first-order valence-electron chi connectivity index (χ1n) is 5.53. The highest BCUT2D eigenvalue weighted by Gasteiger charge is 2.15. The maximum absolute atomic E-state index is 11.4. The number of nitrogens with zero attached hydrogens (tertiary/aromatic N) is 2. The molecule has 0 fully saturated rings. The van der Waals surface area contributed by atoms with Crippen LogP contribution in [0.15, 0.2) is 18.6 Å². The molecule has 0 aliphatic rings. The zero-order valence-electron chi connectivity index (χ0n) is 10.7. The van der Waals surface area contributed by atoms with Crippen molar-refractivity contribution in [1.29, 1.82) is 0 Å². The van der Waals surface area contributed by atoms with Gasteiger partial charge in [-0.2, -0.15) is 0 Å². The summed E-state index contributed by atoms with van der Waals surface area (Å²) < 4.78 is 0. The van der Waals surface area contributed by atoms with Gasteiger partial charge in [0.25, 0.3) is 0 Å². The number of hydrogen-bond acceptors (Lipinski definition) is 3. The second-order valence-corrected chi connectivity index (χ2v) is 4.38. The van der Waals surface area contributed by atoms with Crippen LogP contribution in [0.3, 0.4) is 0 Å². The van der Waals surface area contributed by atoms with Crippen LogP contribution in [0.2, 0.25) is 0 Å². The Labute approximate surface area is 97.5 Å². The molecule has 1 aromatic rings. The third-order valence-electron chi connectivity index (χ3n) is 1.52. The Morgan fingerprint density at radius 3 is 2.38 bits per heavy atom. The van der Waals surface area contributed by atoms with Crippen LogP contribution < -0.4 is 5.32 Å². The molecule has 0 aliphatic carbocycles. The second kappa shape index (κ2) is 6.93. The van der Waals surface area contributed by atoms with Crippen molar-refractivity contribution in [2.75, 3.05) is 5.32 Å². The van der Waals surface area contributed by atoms with Crippen LogP contribution in [-0.4, -0.2) is 15.9 Å². The number of amides is 1. The molecule has 0 bridgehead atoms. The van der Waals surface area contributed by atoms with E-state index in [1.807, 2.05) is 34.6 Å². The Hall–Kier alpha value is -1.45. The highest BCUT2D eigenvalue weighted by Crippen LogP contribution is 2.18.